The van der Waals surface area contributed by atoms with Gasteiger partial charge in [-0.3, -0.25) is 4.79 Å². The highest BCUT2D eigenvalue weighted by Gasteiger charge is 2.15. The van der Waals surface area contributed by atoms with Crippen molar-refractivity contribution in [1.29, 1.82) is 0 Å². The van der Waals surface area contributed by atoms with Gasteiger partial charge in [0.2, 0.25) is 0 Å². The largest absolute Gasteiger partial charge is 0.424 e. The summed E-state index contributed by atoms with van der Waals surface area (Å²) in [6, 6.07) is 16.6. The van der Waals surface area contributed by atoms with E-state index in [1.807, 2.05) is 31.2 Å². The van der Waals surface area contributed by atoms with Gasteiger partial charge in [0.1, 0.15) is 10.8 Å². The number of hydrogen-bond donors (Lipinski definition) is 1. The number of aromatic nitrogens is 3. The van der Waals surface area contributed by atoms with Crippen LogP contribution in [0, 0.1) is 0 Å². The van der Waals surface area contributed by atoms with Crippen molar-refractivity contribution in [3.8, 4) is 11.8 Å². The van der Waals surface area contributed by atoms with Gasteiger partial charge >= 0.3 is 6.01 Å². The van der Waals surface area contributed by atoms with E-state index in [2.05, 4.69) is 20.3 Å². The molecule has 0 aliphatic carbocycles. The van der Waals surface area contributed by atoms with Gasteiger partial charge in [-0.25, -0.2) is 15.0 Å². The summed E-state index contributed by atoms with van der Waals surface area (Å²) in [6.07, 6.45) is 3.21. The minimum Gasteiger partial charge on any atom is -0.424 e. The number of ether oxygens (including phenoxy) is 1. The first kappa shape index (κ1) is 17.1. The average Bonchev–Trinajstić information content (AvgIpc) is 3.14. The molecule has 0 saturated heterocycles. The number of thiazole rings is 1. The first-order valence-electron chi connectivity index (χ1n) is 8.40. The van der Waals surface area contributed by atoms with E-state index in [1.165, 1.54) is 0 Å². The molecule has 2 heterocycles. The van der Waals surface area contributed by atoms with Crippen LogP contribution < -0.4 is 10.1 Å². The zero-order chi connectivity index (χ0) is 18.6. The number of carbonyl (C=O) groups excluding carboxylic acids is 1. The summed E-state index contributed by atoms with van der Waals surface area (Å²) in [5.74, 6) is 0.404. The lowest BCUT2D eigenvalue weighted by molar-refractivity contribution is 0.0940. The van der Waals surface area contributed by atoms with Gasteiger partial charge in [0.25, 0.3) is 5.91 Å². The molecule has 4 aromatic rings. The minimum atomic E-state index is -0.177. The van der Waals surface area contributed by atoms with E-state index in [-0.39, 0.29) is 18.0 Å². The molecule has 0 saturated carbocycles. The molecule has 0 spiro atoms. The van der Waals surface area contributed by atoms with Gasteiger partial charge in [-0.2, -0.15) is 0 Å². The Labute approximate surface area is 159 Å². The Balaban J connectivity index is 1.43. The van der Waals surface area contributed by atoms with Crippen molar-refractivity contribution in [1.82, 2.24) is 20.3 Å². The van der Waals surface area contributed by atoms with Crippen molar-refractivity contribution < 1.29 is 9.53 Å². The molecule has 27 heavy (non-hydrogen) atoms. The summed E-state index contributed by atoms with van der Waals surface area (Å²) in [5.41, 5.74) is 1.49. The molecule has 0 aliphatic heterocycles. The van der Waals surface area contributed by atoms with E-state index < -0.39 is 0 Å². The maximum atomic E-state index is 12.5. The van der Waals surface area contributed by atoms with Gasteiger partial charge in [0.05, 0.1) is 16.3 Å². The predicted molar refractivity (Wildman–Crippen MR) is 104 cm³/mol. The second-order valence-electron chi connectivity index (χ2n) is 5.87. The van der Waals surface area contributed by atoms with E-state index in [4.69, 9.17) is 4.74 Å². The fourth-order valence-electron chi connectivity index (χ4n) is 2.53. The monoisotopic (exact) mass is 376 g/mol. The fourth-order valence-corrected chi connectivity index (χ4v) is 3.50. The predicted octanol–water partition coefficient (Wildman–Crippen LogP) is 4.37. The molecule has 7 heteroatoms. The molecular weight excluding hydrogens is 360 g/mol. The molecule has 0 radical (unpaired) electrons. The van der Waals surface area contributed by atoms with E-state index in [0.29, 0.717) is 11.3 Å². The van der Waals surface area contributed by atoms with E-state index in [0.717, 1.165) is 15.2 Å². The third kappa shape index (κ3) is 3.93. The molecule has 1 amide bonds. The van der Waals surface area contributed by atoms with E-state index in [9.17, 15) is 4.79 Å². The van der Waals surface area contributed by atoms with Gasteiger partial charge in [-0.1, -0.05) is 12.1 Å². The number of rotatable bonds is 5. The van der Waals surface area contributed by atoms with Crippen LogP contribution in [0.2, 0.25) is 0 Å². The Morgan fingerprint density at radius 3 is 2.52 bits per heavy atom. The van der Waals surface area contributed by atoms with Crippen LogP contribution in [-0.2, 0) is 0 Å². The maximum absolute atomic E-state index is 12.5. The Bertz CT molecular complexity index is 1030. The zero-order valence-corrected chi connectivity index (χ0v) is 15.3. The van der Waals surface area contributed by atoms with Gasteiger partial charge < -0.3 is 10.1 Å². The number of amides is 1. The van der Waals surface area contributed by atoms with Gasteiger partial charge in [0, 0.05) is 18.0 Å². The van der Waals surface area contributed by atoms with Gasteiger partial charge in [0.15, 0.2) is 0 Å². The lowest BCUT2D eigenvalue weighted by atomic mass is 10.2. The third-order valence-electron chi connectivity index (χ3n) is 3.90. The Morgan fingerprint density at radius 2 is 1.78 bits per heavy atom. The van der Waals surface area contributed by atoms with Gasteiger partial charge in [-0.05, 0) is 49.4 Å². The highest BCUT2D eigenvalue weighted by molar-refractivity contribution is 7.18. The van der Waals surface area contributed by atoms with Crippen molar-refractivity contribution in [2.24, 2.45) is 0 Å². The van der Waals surface area contributed by atoms with Crippen LogP contribution in [0.25, 0.3) is 10.2 Å². The highest BCUT2D eigenvalue weighted by Crippen LogP contribution is 2.26. The Hall–Kier alpha value is -3.32. The molecule has 2 aromatic carbocycles. The molecule has 0 fully saturated rings. The van der Waals surface area contributed by atoms with Crippen molar-refractivity contribution >= 4 is 27.5 Å². The number of benzene rings is 2. The molecule has 134 valence electrons. The SMILES string of the molecule is CC(NC(=O)c1ccc(Oc2ncccn2)cc1)c1nc2ccccc2s1. The fraction of sp³-hybridized carbons (Fsp3) is 0.100. The number of fused-ring (bicyclic) bond motifs is 1. The van der Waals surface area contributed by atoms with Crippen molar-refractivity contribution in [2.45, 2.75) is 13.0 Å². The second-order valence-corrected chi connectivity index (χ2v) is 6.94. The average molecular weight is 376 g/mol. The summed E-state index contributed by atoms with van der Waals surface area (Å²) in [4.78, 5) is 25.1. The van der Waals surface area contributed by atoms with Crippen LogP contribution in [0.4, 0.5) is 0 Å². The lowest BCUT2D eigenvalue weighted by Gasteiger charge is -2.11. The van der Waals surface area contributed by atoms with Crippen molar-refractivity contribution in [3.05, 3.63) is 77.6 Å². The van der Waals surface area contributed by atoms with Gasteiger partial charge in [-0.15, -0.1) is 11.3 Å². The summed E-state index contributed by atoms with van der Waals surface area (Å²) in [7, 11) is 0. The van der Waals surface area contributed by atoms with E-state index >= 15 is 0 Å². The van der Waals surface area contributed by atoms with Crippen LogP contribution in [0.1, 0.15) is 28.3 Å². The van der Waals surface area contributed by atoms with Crippen LogP contribution in [0.5, 0.6) is 11.8 Å². The summed E-state index contributed by atoms with van der Waals surface area (Å²) in [6.45, 7) is 1.93. The molecule has 1 N–H and O–H groups in total. The topological polar surface area (TPSA) is 77.0 Å². The molecule has 1 atom stereocenters. The Morgan fingerprint density at radius 1 is 1.04 bits per heavy atom. The third-order valence-corrected chi connectivity index (χ3v) is 5.12. The smallest absolute Gasteiger partial charge is 0.321 e. The molecule has 0 bridgehead atoms. The summed E-state index contributed by atoms with van der Waals surface area (Å²) in [5, 5.41) is 3.87. The van der Waals surface area contributed by atoms with Crippen LogP contribution in [0.3, 0.4) is 0 Å². The zero-order valence-electron chi connectivity index (χ0n) is 14.5. The Kier molecular flexibility index (Phi) is 4.76. The second kappa shape index (κ2) is 7.51. The number of carbonyl (C=O) groups is 1. The summed E-state index contributed by atoms with van der Waals surface area (Å²) < 4.78 is 6.64. The number of nitrogens with zero attached hydrogens (tertiary/aromatic N) is 3. The van der Waals surface area contributed by atoms with Crippen molar-refractivity contribution in [2.75, 3.05) is 0 Å². The van der Waals surface area contributed by atoms with Crippen molar-refractivity contribution in [3.63, 3.8) is 0 Å². The van der Waals surface area contributed by atoms with Crippen LogP contribution >= 0.6 is 11.3 Å². The van der Waals surface area contributed by atoms with E-state index in [1.54, 1.807) is 54.1 Å². The lowest BCUT2D eigenvalue weighted by Crippen LogP contribution is -2.26. The minimum absolute atomic E-state index is 0.163. The normalized spacial score (nSPS) is 11.9. The number of para-hydroxylation sites is 1. The number of nitrogens with one attached hydrogen (secondary N) is 1. The standard InChI is InChI=1S/C20H16N4O2S/c1-13(19-24-16-5-2-3-6-17(16)27-19)23-18(25)14-7-9-15(10-8-14)26-20-21-11-4-12-22-20/h2-13H,1H3,(H,23,25). The molecule has 6 nitrogen and oxygen atoms in total. The molecule has 1 unspecified atom stereocenters. The highest BCUT2D eigenvalue weighted by atomic mass is 32.1. The molecule has 0 aliphatic rings. The quantitative estimate of drug-likeness (QED) is 0.560. The summed E-state index contributed by atoms with van der Waals surface area (Å²) >= 11 is 1.59. The molecule has 4 rings (SSSR count). The molecular formula is C20H16N4O2S. The first-order valence-corrected chi connectivity index (χ1v) is 9.22. The van der Waals surface area contributed by atoms with Crippen LogP contribution in [0.15, 0.2) is 67.0 Å². The van der Waals surface area contributed by atoms with Crippen LogP contribution in [-0.4, -0.2) is 20.9 Å². The molecule has 2 aromatic heterocycles. The number of hydrogen-bond acceptors (Lipinski definition) is 6. The maximum Gasteiger partial charge on any atom is 0.321 e. The first-order chi connectivity index (χ1) is 13.2.